The smallest absolute Gasteiger partial charge is 0.0540 e. The van der Waals surface area contributed by atoms with Gasteiger partial charge in [0.25, 0.3) is 0 Å². The molecule has 0 radical (unpaired) electrons. The van der Waals surface area contributed by atoms with Gasteiger partial charge < -0.3 is 5.32 Å². The Morgan fingerprint density at radius 3 is 2.63 bits per heavy atom. The van der Waals surface area contributed by atoms with E-state index < -0.39 is 0 Å². The molecular formula is C16H23N3. The summed E-state index contributed by atoms with van der Waals surface area (Å²) < 4.78 is 1.92. The second-order valence-electron chi connectivity index (χ2n) is 5.34. The zero-order valence-electron chi connectivity index (χ0n) is 12.5. The number of nitrogens with zero attached hydrogens (tertiary/aromatic N) is 2. The molecular weight excluding hydrogens is 234 g/mol. The first-order valence-corrected chi connectivity index (χ1v) is 6.77. The van der Waals surface area contributed by atoms with Crippen molar-refractivity contribution in [2.75, 3.05) is 0 Å². The quantitative estimate of drug-likeness (QED) is 0.911. The van der Waals surface area contributed by atoms with Crippen molar-refractivity contribution in [3.8, 4) is 0 Å². The van der Waals surface area contributed by atoms with Crippen LogP contribution in [-0.2, 0) is 13.6 Å². The molecule has 1 aromatic heterocycles. The van der Waals surface area contributed by atoms with E-state index in [0.29, 0.717) is 6.04 Å². The Labute approximate surface area is 115 Å². The van der Waals surface area contributed by atoms with E-state index in [-0.39, 0.29) is 0 Å². The van der Waals surface area contributed by atoms with Crippen molar-refractivity contribution in [2.45, 2.75) is 40.3 Å². The highest BCUT2D eigenvalue weighted by Gasteiger charge is 2.11. The van der Waals surface area contributed by atoms with E-state index in [1.54, 1.807) is 0 Å². The molecule has 1 atom stereocenters. The van der Waals surface area contributed by atoms with Gasteiger partial charge in [-0.25, -0.2) is 0 Å². The van der Waals surface area contributed by atoms with Crippen LogP contribution in [0.1, 0.15) is 40.9 Å². The zero-order valence-corrected chi connectivity index (χ0v) is 12.5. The number of hydrogen-bond donors (Lipinski definition) is 1. The maximum absolute atomic E-state index is 4.30. The molecule has 0 aliphatic heterocycles. The van der Waals surface area contributed by atoms with Gasteiger partial charge in [0, 0.05) is 30.9 Å². The third kappa shape index (κ3) is 3.04. The molecule has 19 heavy (non-hydrogen) atoms. The van der Waals surface area contributed by atoms with Crippen LogP contribution in [0.2, 0.25) is 0 Å². The Hall–Kier alpha value is -1.61. The second-order valence-corrected chi connectivity index (χ2v) is 5.34. The van der Waals surface area contributed by atoms with Gasteiger partial charge >= 0.3 is 0 Å². The summed E-state index contributed by atoms with van der Waals surface area (Å²) in [5.74, 6) is 0. The second kappa shape index (κ2) is 5.57. The highest BCUT2D eigenvalue weighted by molar-refractivity contribution is 5.30. The van der Waals surface area contributed by atoms with Crippen molar-refractivity contribution in [1.82, 2.24) is 15.1 Å². The number of aryl methyl sites for hydroxylation is 3. The third-order valence-electron chi connectivity index (χ3n) is 3.84. The molecule has 3 heteroatoms. The van der Waals surface area contributed by atoms with Crippen LogP contribution in [0.15, 0.2) is 24.4 Å². The average Bonchev–Trinajstić information content (AvgIpc) is 2.71. The maximum Gasteiger partial charge on any atom is 0.0540 e. The van der Waals surface area contributed by atoms with Crippen LogP contribution in [0, 0.1) is 20.8 Å². The number of nitrogens with one attached hydrogen (secondary N) is 1. The fraction of sp³-hybridized carbons (Fsp3) is 0.438. The van der Waals surface area contributed by atoms with E-state index in [0.717, 1.165) is 6.54 Å². The standard InChI is InChI=1S/C16H23N3/c1-11-6-7-12(2)15(8-11)9-17-13(3)16-10-18-19(5)14(16)4/h6-8,10,13,17H,9H2,1-5H3. The molecule has 0 saturated carbocycles. The average molecular weight is 257 g/mol. The molecule has 0 fully saturated rings. The minimum atomic E-state index is 0.314. The Bertz CT molecular complexity index is 569. The molecule has 1 unspecified atom stereocenters. The SMILES string of the molecule is Cc1ccc(C)c(CNC(C)c2cnn(C)c2C)c1. The molecule has 0 bridgehead atoms. The molecule has 1 aromatic carbocycles. The Morgan fingerprint density at radius 1 is 1.26 bits per heavy atom. The van der Waals surface area contributed by atoms with Crippen LogP contribution in [-0.4, -0.2) is 9.78 Å². The summed E-state index contributed by atoms with van der Waals surface area (Å²) >= 11 is 0. The molecule has 1 N–H and O–H groups in total. The van der Waals surface area contributed by atoms with Crippen LogP contribution >= 0.6 is 0 Å². The van der Waals surface area contributed by atoms with Gasteiger partial charge in [-0.3, -0.25) is 4.68 Å². The van der Waals surface area contributed by atoms with Gasteiger partial charge in [-0.05, 0) is 38.8 Å². The van der Waals surface area contributed by atoms with E-state index in [1.165, 1.54) is 27.9 Å². The Morgan fingerprint density at radius 2 is 2.00 bits per heavy atom. The summed E-state index contributed by atoms with van der Waals surface area (Å²) in [7, 11) is 1.98. The minimum absolute atomic E-state index is 0.314. The van der Waals surface area contributed by atoms with E-state index in [9.17, 15) is 0 Å². The van der Waals surface area contributed by atoms with Gasteiger partial charge in [0.05, 0.1) is 6.20 Å². The molecule has 2 aromatic rings. The van der Waals surface area contributed by atoms with Crippen LogP contribution in [0.5, 0.6) is 0 Å². The molecule has 0 aliphatic rings. The first-order chi connectivity index (χ1) is 8.99. The first kappa shape index (κ1) is 13.8. The van der Waals surface area contributed by atoms with Crippen LogP contribution in [0.25, 0.3) is 0 Å². The van der Waals surface area contributed by atoms with Gasteiger partial charge in [-0.1, -0.05) is 23.8 Å². The van der Waals surface area contributed by atoms with Crippen LogP contribution in [0.4, 0.5) is 0 Å². The van der Waals surface area contributed by atoms with Crippen molar-refractivity contribution < 1.29 is 0 Å². The van der Waals surface area contributed by atoms with E-state index in [4.69, 9.17) is 0 Å². The van der Waals surface area contributed by atoms with E-state index >= 15 is 0 Å². The summed E-state index contributed by atoms with van der Waals surface area (Å²) in [5, 5.41) is 7.88. The fourth-order valence-electron chi connectivity index (χ4n) is 2.30. The minimum Gasteiger partial charge on any atom is -0.306 e. The highest BCUT2D eigenvalue weighted by Crippen LogP contribution is 2.17. The number of hydrogen-bond acceptors (Lipinski definition) is 2. The largest absolute Gasteiger partial charge is 0.306 e. The lowest BCUT2D eigenvalue weighted by molar-refractivity contribution is 0.569. The number of benzene rings is 1. The summed E-state index contributed by atoms with van der Waals surface area (Å²) in [5.41, 5.74) is 6.52. The van der Waals surface area contributed by atoms with Crippen LogP contribution in [0.3, 0.4) is 0 Å². The normalized spacial score (nSPS) is 12.7. The molecule has 2 rings (SSSR count). The fourth-order valence-corrected chi connectivity index (χ4v) is 2.30. The summed E-state index contributed by atoms with van der Waals surface area (Å²) in [6.45, 7) is 9.49. The molecule has 0 spiro atoms. The maximum atomic E-state index is 4.30. The highest BCUT2D eigenvalue weighted by atomic mass is 15.3. The van der Waals surface area contributed by atoms with Crippen molar-refractivity contribution >= 4 is 0 Å². The zero-order chi connectivity index (χ0) is 14.0. The molecule has 3 nitrogen and oxygen atoms in total. The van der Waals surface area contributed by atoms with Gasteiger partial charge in [0.2, 0.25) is 0 Å². The monoisotopic (exact) mass is 257 g/mol. The lowest BCUT2D eigenvalue weighted by Gasteiger charge is -2.15. The van der Waals surface area contributed by atoms with E-state index in [1.807, 2.05) is 17.9 Å². The first-order valence-electron chi connectivity index (χ1n) is 6.77. The molecule has 0 amide bonds. The summed E-state index contributed by atoms with van der Waals surface area (Å²) in [4.78, 5) is 0. The number of aromatic nitrogens is 2. The Kier molecular flexibility index (Phi) is 4.05. The number of rotatable bonds is 4. The summed E-state index contributed by atoms with van der Waals surface area (Å²) in [6, 6.07) is 6.92. The van der Waals surface area contributed by atoms with Crippen molar-refractivity contribution in [1.29, 1.82) is 0 Å². The predicted octanol–water partition coefficient (Wildman–Crippen LogP) is 3.20. The van der Waals surface area contributed by atoms with Gasteiger partial charge in [0.1, 0.15) is 0 Å². The third-order valence-corrected chi connectivity index (χ3v) is 3.84. The lowest BCUT2D eigenvalue weighted by atomic mass is 10.0. The molecule has 0 saturated heterocycles. The molecule has 102 valence electrons. The van der Waals surface area contributed by atoms with Crippen molar-refractivity contribution in [3.05, 3.63) is 52.3 Å². The van der Waals surface area contributed by atoms with Crippen LogP contribution < -0.4 is 5.32 Å². The van der Waals surface area contributed by atoms with Crippen molar-refractivity contribution in [2.24, 2.45) is 7.05 Å². The topological polar surface area (TPSA) is 29.9 Å². The lowest BCUT2D eigenvalue weighted by Crippen LogP contribution is -2.19. The van der Waals surface area contributed by atoms with Gasteiger partial charge in [-0.2, -0.15) is 5.10 Å². The van der Waals surface area contributed by atoms with Gasteiger partial charge in [0.15, 0.2) is 0 Å². The van der Waals surface area contributed by atoms with Crippen molar-refractivity contribution in [3.63, 3.8) is 0 Å². The summed E-state index contributed by atoms with van der Waals surface area (Å²) in [6.07, 6.45) is 1.95. The predicted molar refractivity (Wildman–Crippen MR) is 79.1 cm³/mol. The molecule has 0 aliphatic carbocycles. The Balaban J connectivity index is 2.06. The molecule has 1 heterocycles. The van der Waals surface area contributed by atoms with Gasteiger partial charge in [-0.15, -0.1) is 0 Å². The van der Waals surface area contributed by atoms with E-state index in [2.05, 4.69) is 56.3 Å².